The fourth-order valence-electron chi connectivity index (χ4n) is 5.57. The summed E-state index contributed by atoms with van der Waals surface area (Å²) in [6, 6.07) is 7.11. The average molecular weight is 542 g/mol. The minimum absolute atomic E-state index is 0.242. The van der Waals surface area contributed by atoms with Crippen molar-refractivity contribution >= 4 is 11.7 Å². The first kappa shape index (κ1) is 31.1. The molecule has 1 aliphatic heterocycles. The lowest BCUT2D eigenvalue weighted by molar-refractivity contribution is -0.132. The van der Waals surface area contributed by atoms with Gasteiger partial charge in [-0.15, -0.1) is 0 Å². The van der Waals surface area contributed by atoms with Gasteiger partial charge in [-0.3, -0.25) is 9.69 Å². The van der Waals surface area contributed by atoms with E-state index in [1.807, 2.05) is 4.68 Å². The molecule has 3 rings (SSSR count). The highest BCUT2D eigenvalue weighted by Crippen LogP contribution is 2.31. The number of carbonyl (C=O) groups is 1. The second kappa shape index (κ2) is 15.4. The maximum Gasteiger partial charge on any atom is 0.222 e. The fraction of sp³-hybridized carbons (Fsp3) is 0.688. The maximum atomic E-state index is 13.8. The summed E-state index contributed by atoms with van der Waals surface area (Å²) in [6.07, 6.45) is 8.45. The van der Waals surface area contributed by atoms with Gasteiger partial charge in [-0.25, -0.2) is 9.07 Å². The molecule has 0 N–H and O–H groups in total. The van der Waals surface area contributed by atoms with Crippen LogP contribution in [-0.2, 0) is 17.8 Å². The molecule has 2 aromatic rings. The van der Waals surface area contributed by atoms with Crippen LogP contribution < -0.4 is 4.90 Å². The molecule has 0 radical (unpaired) electrons. The number of unbranched alkanes of at least 4 members (excludes halogenated alkanes) is 5. The molecule has 0 atom stereocenters. The first-order chi connectivity index (χ1) is 18.7. The first-order valence-electron chi connectivity index (χ1n) is 15.4. The Morgan fingerprint density at radius 3 is 2.18 bits per heavy atom. The zero-order chi connectivity index (χ0) is 28.4. The van der Waals surface area contributed by atoms with Crippen molar-refractivity contribution in [2.24, 2.45) is 5.92 Å². The van der Waals surface area contributed by atoms with Crippen molar-refractivity contribution in [2.75, 3.05) is 37.6 Å². The summed E-state index contributed by atoms with van der Waals surface area (Å²) in [4.78, 5) is 20.5. The summed E-state index contributed by atoms with van der Waals surface area (Å²) in [5.41, 5.74) is 3.01. The Bertz CT molecular complexity index is 1010. The predicted octanol–water partition coefficient (Wildman–Crippen LogP) is 6.84. The number of hydrogen-bond donors (Lipinski definition) is 0. The molecule has 0 unspecified atom stereocenters. The molecular formula is C32H52FN5O. The van der Waals surface area contributed by atoms with Crippen LogP contribution >= 0.6 is 0 Å². The van der Waals surface area contributed by atoms with E-state index in [2.05, 4.69) is 56.2 Å². The van der Waals surface area contributed by atoms with Crippen LogP contribution in [0.2, 0.25) is 0 Å². The van der Waals surface area contributed by atoms with Gasteiger partial charge in [0, 0.05) is 50.7 Å². The van der Waals surface area contributed by atoms with E-state index < -0.39 is 0 Å². The highest BCUT2D eigenvalue weighted by atomic mass is 19.1. The Kier molecular flexibility index (Phi) is 12.3. The predicted molar refractivity (Wildman–Crippen MR) is 160 cm³/mol. The molecule has 1 amide bonds. The van der Waals surface area contributed by atoms with E-state index >= 15 is 0 Å². The topological polar surface area (TPSA) is 44.6 Å². The van der Waals surface area contributed by atoms with Gasteiger partial charge in [-0.1, -0.05) is 59.8 Å². The molecule has 218 valence electrons. The maximum absolute atomic E-state index is 13.8. The third-order valence-corrected chi connectivity index (χ3v) is 7.82. The molecule has 2 heterocycles. The second-order valence-electron chi connectivity index (χ2n) is 11.8. The fourth-order valence-corrected chi connectivity index (χ4v) is 5.57. The highest BCUT2D eigenvalue weighted by molar-refractivity contribution is 5.76. The van der Waals surface area contributed by atoms with Crippen LogP contribution in [0.25, 0.3) is 5.69 Å². The van der Waals surface area contributed by atoms with Gasteiger partial charge in [-0.05, 0) is 56.9 Å². The minimum atomic E-state index is -0.252. The summed E-state index contributed by atoms with van der Waals surface area (Å²) >= 11 is 0. The van der Waals surface area contributed by atoms with Crippen LogP contribution in [0.5, 0.6) is 0 Å². The molecular weight excluding hydrogens is 489 g/mol. The smallest absolute Gasteiger partial charge is 0.222 e. The van der Waals surface area contributed by atoms with Gasteiger partial charge in [0.25, 0.3) is 0 Å². The van der Waals surface area contributed by atoms with Crippen molar-refractivity contribution in [2.45, 2.75) is 105 Å². The van der Waals surface area contributed by atoms with Crippen molar-refractivity contribution in [1.82, 2.24) is 19.6 Å². The summed E-state index contributed by atoms with van der Waals surface area (Å²) in [7, 11) is 0. The second-order valence-corrected chi connectivity index (χ2v) is 11.8. The standard InChI is InChI=1S/C32H52FN5O/c1-7-9-10-11-12-13-14-31(39)37(23-25(3)4)24-29-30(8-2)34-38(28-17-15-27(33)16-18-28)32(29)36-21-19-35(20-22-36)26(5)6/h15-18,25-26H,7-14,19-24H2,1-6H3. The largest absolute Gasteiger partial charge is 0.354 e. The van der Waals surface area contributed by atoms with E-state index in [1.54, 1.807) is 12.1 Å². The summed E-state index contributed by atoms with van der Waals surface area (Å²) in [5.74, 6) is 1.43. The number of hydrogen-bond acceptors (Lipinski definition) is 4. The SMILES string of the molecule is CCCCCCCCC(=O)N(Cc1c(CC)nn(-c2ccc(F)cc2)c1N1CCN(C(C)C)CC1)CC(C)C. The molecule has 6 nitrogen and oxygen atoms in total. The normalized spacial score (nSPS) is 14.5. The van der Waals surface area contributed by atoms with Gasteiger partial charge in [0.05, 0.1) is 17.9 Å². The summed E-state index contributed by atoms with van der Waals surface area (Å²) in [6.45, 7) is 18.3. The van der Waals surface area contributed by atoms with Crippen molar-refractivity contribution in [3.8, 4) is 5.69 Å². The number of benzene rings is 1. The van der Waals surface area contributed by atoms with Crippen LogP contribution in [0, 0.1) is 11.7 Å². The molecule has 1 saturated heterocycles. The molecule has 0 aliphatic carbocycles. The number of aromatic nitrogens is 2. The molecule has 39 heavy (non-hydrogen) atoms. The third-order valence-electron chi connectivity index (χ3n) is 7.82. The number of rotatable bonds is 15. The molecule has 0 bridgehead atoms. The van der Waals surface area contributed by atoms with Crippen molar-refractivity contribution in [3.63, 3.8) is 0 Å². The number of halogens is 1. The average Bonchev–Trinajstić information content (AvgIpc) is 3.28. The van der Waals surface area contributed by atoms with Crippen molar-refractivity contribution < 1.29 is 9.18 Å². The zero-order valence-electron chi connectivity index (χ0n) is 25.4. The number of piperazine rings is 1. The van der Waals surface area contributed by atoms with Gasteiger partial charge in [-0.2, -0.15) is 5.10 Å². The first-order valence-corrected chi connectivity index (χ1v) is 15.4. The Hall–Kier alpha value is -2.41. The summed E-state index contributed by atoms with van der Waals surface area (Å²) < 4.78 is 15.8. The van der Waals surface area contributed by atoms with Crippen molar-refractivity contribution in [1.29, 1.82) is 0 Å². The van der Waals surface area contributed by atoms with Gasteiger partial charge < -0.3 is 9.80 Å². The number of anilines is 1. The lowest BCUT2D eigenvalue weighted by Crippen LogP contribution is -2.49. The van der Waals surface area contributed by atoms with Gasteiger partial charge in [0.1, 0.15) is 11.6 Å². The van der Waals surface area contributed by atoms with Crippen LogP contribution in [0.1, 0.15) is 97.7 Å². The Balaban J connectivity index is 1.91. The number of aryl methyl sites for hydroxylation is 1. The van der Waals surface area contributed by atoms with E-state index in [4.69, 9.17) is 5.10 Å². The molecule has 7 heteroatoms. The van der Waals surface area contributed by atoms with Crippen LogP contribution in [-0.4, -0.2) is 64.3 Å². The minimum Gasteiger partial charge on any atom is -0.354 e. The molecule has 1 aromatic heterocycles. The van der Waals surface area contributed by atoms with Crippen molar-refractivity contribution in [3.05, 3.63) is 41.3 Å². The molecule has 1 aromatic carbocycles. The van der Waals surface area contributed by atoms with E-state index in [0.29, 0.717) is 24.9 Å². The van der Waals surface area contributed by atoms with Gasteiger partial charge >= 0.3 is 0 Å². The molecule has 0 spiro atoms. The lowest BCUT2D eigenvalue weighted by atomic mass is 10.1. The zero-order valence-corrected chi connectivity index (χ0v) is 25.4. The van der Waals surface area contributed by atoms with Gasteiger partial charge in [0.15, 0.2) is 0 Å². The Labute approximate surface area is 236 Å². The van der Waals surface area contributed by atoms with Crippen LogP contribution in [0.4, 0.5) is 10.2 Å². The number of nitrogens with zero attached hydrogens (tertiary/aromatic N) is 5. The van der Waals surface area contributed by atoms with E-state index in [9.17, 15) is 9.18 Å². The van der Waals surface area contributed by atoms with E-state index in [1.165, 1.54) is 37.8 Å². The molecule has 1 aliphatic rings. The highest BCUT2D eigenvalue weighted by Gasteiger charge is 2.29. The lowest BCUT2D eigenvalue weighted by Gasteiger charge is -2.38. The van der Waals surface area contributed by atoms with E-state index in [0.717, 1.165) is 74.7 Å². The van der Waals surface area contributed by atoms with E-state index in [-0.39, 0.29) is 11.7 Å². The molecule has 0 saturated carbocycles. The van der Waals surface area contributed by atoms with Gasteiger partial charge in [0.2, 0.25) is 5.91 Å². The Morgan fingerprint density at radius 1 is 0.949 bits per heavy atom. The quantitative estimate of drug-likeness (QED) is 0.232. The third kappa shape index (κ3) is 8.79. The monoisotopic (exact) mass is 541 g/mol. The molecule has 1 fully saturated rings. The number of amides is 1. The Morgan fingerprint density at radius 2 is 1.59 bits per heavy atom. The van der Waals surface area contributed by atoms with Crippen LogP contribution in [0.15, 0.2) is 24.3 Å². The summed E-state index contributed by atoms with van der Waals surface area (Å²) in [5, 5.41) is 5.05. The van der Waals surface area contributed by atoms with Crippen LogP contribution in [0.3, 0.4) is 0 Å². The number of carbonyl (C=O) groups excluding carboxylic acids is 1.